The summed E-state index contributed by atoms with van der Waals surface area (Å²) in [5.41, 5.74) is 5.69. The summed E-state index contributed by atoms with van der Waals surface area (Å²) in [6, 6.07) is 33.4. The zero-order valence-electron chi connectivity index (χ0n) is 17.8. The van der Waals surface area contributed by atoms with Gasteiger partial charge in [-0.1, -0.05) is 60.7 Å². The number of H-pyrrole nitrogens is 1. The van der Waals surface area contributed by atoms with Crippen LogP contribution in [0.5, 0.6) is 5.75 Å². The van der Waals surface area contributed by atoms with Crippen molar-refractivity contribution < 1.29 is 4.74 Å². The molecule has 6 rings (SSSR count). The molecule has 0 atom stereocenters. The van der Waals surface area contributed by atoms with Gasteiger partial charge in [-0.15, -0.1) is 10.2 Å². The number of hydrogen-bond acceptors (Lipinski definition) is 4. The summed E-state index contributed by atoms with van der Waals surface area (Å²) in [6.07, 6.45) is 0. The van der Waals surface area contributed by atoms with Crippen LogP contribution in [0.3, 0.4) is 0 Å². The second-order valence-electron chi connectivity index (χ2n) is 7.99. The number of aromatic amines is 1. The third-order valence-electron chi connectivity index (χ3n) is 5.89. The maximum Gasteiger partial charge on any atom is 0.204 e. The molecule has 0 spiro atoms. The summed E-state index contributed by atoms with van der Waals surface area (Å²) in [5.74, 6) is 1.47. The van der Waals surface area contributed by atoms with Crippen molar-refractivity contribution in [1.29, 1.82) is 0 Å². The van der Waals surface area contributed by atoms with Crippen molar-refractivity contribution in [3.05, 3.63) is 108 Å². The molecule has 33 heavy (non-hydrogen) atoms. The smallest absolute Gasteiger partial charge is 0.204 e. The number of hydrogen-bond donors (Lipinski definition) is 1. The number of benzene rings is 4. The van der Waals surface area contributed by atoms with Crippen LogP contribution in [0.2, 0.25) is 0 Å². The Balaban J connectivity index is 1.31. The van der Waals surface area contributed by atoms with E-state index in [0.717, 1.165) is 23.4 Å². The molecule has 0 aliphatic rings. The van der Waals surface area contributed by atoms with Crippen LogP contribution in [0.1, 0.15) is 11.1 Å². The molecule has 4 aromatic carbocycles. The lowest BCUT2D eigenvalue weighted by Crippen LogP contribution is -2.00. The molecule has 0 aliphatic heterocycles. The van der Waals surface area contributed by atoms with Crippen LogP contribution in [-0.4, -0.2) is 25.2 Å². The molecule has 0 unspecified atom stereocenters. The van der Waals surface area contributed by atoms with Crippen LogP contribution in [0.4, 0.5) is 0 Å². The largest absolute Gasteiger partial charge is 0.489 e. The molecule has 160 valence electrons. The quantitative estimate of drug-likeness (QED) is 0.373. The summed E-state index contributed by atoms with van der Waals surface area (Å²) < 4.78 is 8.30. The zero-order valence-corrected chi connectivity index (χ0v) is 17.8. The first-order valence-electron chi connectivity index (χ1n) is 10.9. The molecular weight excluding hydrogens is 410 g/mol. The predicted octanol–water partition coefficient (Wildman–Crippen LogP) is 5.60. The van der Waals surface area contributed by atoms with E-state index in [9.17, 15) is 0 Å². The van der Waals surface area contributed by atoms with Gasteiger partial charge in [0.1, 0.15) is 12.4 Å². The van der Waals surface area contributed by atoms with Gasteiger partial charge in [0.25, 0.3) is 0 Å². The molecule has 0 radical (unpaired) electrons. The first kappa shape index (κ1) is 19.3. The summed E-state index contributed by atoms with van der Waals surface area (Å²) in [7, 11) is 0. The molecule has 0 aliphatic carbocycles. The second kappa shape index (κ2) is 8.24. The molecule has 0 bridgehead atoms. The van der Waals surface area contributed by atoms with Gasteiger partial charge in [-0.25, -0.2) is 0 Å². The number of aromatic nitrogens is 5. The van der Waals surface area contributed by atoms with Gasteiger partial charge < -0.3 is 9.30 Å². The molecule has 0 saturated carbocycles. The van der Waals surface area contributed by atoms with Crippen LogP contribution < -0.4 is 4.74 Å². The average Bonchev–Trinajstić information content (AvgIpc) is 3.52. The molecule has 2 aromatic heterocycles. The number of rotatable bonds is 6. The van der Waals surface area contributed by atoms with E-state index in [1.807, 2.05) is 36.4 Å². The number of nitrogens with one attached hydrogen (secondary N) is 1. The van der Waals surface area contributed by atoms with Crippen molar-refractivity contribution in [2.45, 2.75) is 13.2 Å². The van der Waals surface area contributed by atoms with Crippen LogP contribution >= 0.6 is 0 Å². The van der Waals surface area contributed by atoms with Gasteiger partial charge in [-0.3, -0.25) is 0 Å². The van der Waals surface area contributed by atoms with E-state index in [-0.39, 0.29) is 0 Å². The summed E-state index contributed by atoms with van der Waals surface area (Å²) in [4.78, 5) is 0. The third-order valence-corrected chi connectivity index (χ3v) is 5.89. The average molecular weight is 431 g/mol. The maximum atomic E-state index is 5.94. The number of ether oxygens (including phenoxy) is 1. The van der Waals surface area contributed by atoms with Crippen molar-refractivity contribution in [3.63, 3.8) is 0 Å². The summed E-state index contributed by atoms with van der Waals surface area (Å²) in [6.45, 7) is 1.33. The zero-order chi connectivity index (χ0) is 22.0. The van der Waals surface area contributed by atoms with E-state index in [1.165, 1.54) is 27.4 Å². The van der Waals surface area contributed by atoms with Crippen LogP contribution in [0.15, 0.2) is 97.1 Å². The summed E-state index contributed by atoms with van der Waals surface area (Å²) in [5, 5.41) is 16.9. The molecule has 0 amide bonds. The highest BCUT2D eigenvalue weighted by atomic mass is 16.5. The maximum absolute atomic E-state index is 5.94. The molecule has 0 saturated heterocycles. The third kappa shape index (κ3) is 3.72. The molecule has 1 N–H and O–H groups in total. The van der Waals surface area contributed by atoms with E-state index in [1.54, 1.807) is 0 Å². The van der Waals surface area contributed by atoms with Crippen molar-refractivity contribution >= 4 is 21.8 Å². The minimum absolute atomic E-state index is 0.565. The molecule has 6 aromatic rings. The molecule has 2 heterocycles. The van der Waals surface area contributed by atoms with Gasteiger partial charge in [0.15, 0.2) is 0 Å². The minimum Gasteiger partial charge on any atom is -0.489 e. The highest BCUT2D eigenvalue weighted by molar-refractivity contribution is 6.09. The van der Waals surface area contributed by atoms with Crippen LogP contribution in [0, 0.1) is 0 Å². The number of nitrogens with zero attached hydrogens (tertiary/aromatic N) is 4. The van der Waals surface area contributed by atoms with E-state index >= 15 is 0 Å². The monoisotopic (exact) mass is 431 g/mol. The molecular formula is C27H21N5O. The fourth-order valence-corrected chi connectivity index (χ4v) is 4.26. The predicted molar refractivity (Wildman–Crippen MR) is 129 cm³/mol. The Morgan fingerprint density at radius 1 is 0.727 bits per heavy atom. The van der Waals surface area contributed by atoms with Gasteiger partial charge in [0.05, 0.1) is 0 Å². The lowest BCUT2D eigenvalue weighted by Gasteiger charge is -2.10. The SMILES string of the molecule is c1ccc(COc2ccc(Cn3c4ccccc4c4cc(-c5nn[nH]n5)ccc43)cc2)cc1. The Kier molecular flexibility index (Phi) is 4.81. The Hall–Kier alpha value is -4.45. The van der Waals surface area contributed by atoms with Gasteiger partial charge >= 0.3 is 0 Å². The van der Waals surface area contributed by atoms with Gasteiger partial charge in [0.2, 0.25) is 5.82 Å². The van der Waals surface area contributed by atoms with Crippen molar-refractivity contribution in [3.8, 4) is 17.1 Å². The Morgan fingerprint density at radius 3 is 2.33 bits per heavy atom. The fraction of sp³-hybridized carbons (Fsp3) is 0.0741. The number of tetrazole rings is 1. The Bertz CT molecular complexity index is 1520. The lowest BCUT2D eigenvalue weighted by atomic mass is 10.1. The summed E-state index contributed by atoms with van der Waals surface area (Å²) >= 11 is 0. The fourth-order valence-electron chi connectivity index (χ4n) is 4.26. The first-order valence-corrected chi connectivity index (χ1v) is 10.9. The number of fused-ring (bicyclic) bond motifs is 3. The second-order valence-corrected chi connectivity index (χ2v) is 7.99. The Morgan fingerprint density at radius 2 is 1.52 bits per heavy atom. The van der Waals surface area contributed by atoms with E-state index in [4.69, 9.17) is 4.74 Å². The van der Waals surface area contributed by atoms with Crippen LogP contribution in [-0.2, 0) is 13.2 Å². The lowest BCUT2D eigenvalue weighted by molar-refractivity contribution is 0.306. The Labute approximate surface area is 190 Å². The highest BCUT2D eigenvalue weighted by Crippen LogP contribution is 2.32. The minimum atomic E-state index is 0.565. The van der Waals surface area contributed by atoms with Gasteiger partial charge in [-0.05, 0) is 52.7 Å². The van der Waals surface area contributed by atoms with Gasteiger partial charge in [-0.2, -0.15) is 5.21 Å². The standard InChI is InChI=1S/C27H21N5O/c1-2-6-20(7-3-1)18-33-22-13-10-19(11-14-22)17-32-25-9-5-4-8-23(25)24-16-21(12-15-26(24)32)27-28-30-31-29-27/h1-16H,17-18H2,(H,28,29,30,31). The molecule has 0 fully saturated rings. The van der Waals surface area contributed by atoms with E-state index in [2.05, 4.69) is 85.9 Å². The highest BCUT2D eigenvalue weighted by Gasteiger charge is 2.13. The van der Waals surface area contributed by atoms with Crippen LogP contribution in [0.25, 0.3) is 33.2 Å². The van der Waals surface area contributed by atoms with Crippen molar-refractivity contribution in [2.75, 3.05) is 0 Å². The van der Waals surface area contributed by atoms with E-state index in [0.29, 0.717) is 12.4 Å². The first-order chi connectivity index (χ1) is 16.3. The number of para-hydroxylation sites is 1. The van der Waals surface area contributed by atoms with E-state index < -0.39 is 0 Å². The molecule has 6 heteroatoms. The topological polar surface area (TPSA) is 68.6 Å². The normalized spacial score (nSPS) is 11.3. The molecule has 6 nitrogen and oxygen atoms in total. The van der Waals surface area contributed by atoms with Gasteiger partial charge in [0, 0.05) is 33.9 Å². The van der Waals surface area contributed by atoms with Crippen molar-refractivity contribution in [2.24, 2.45) is 0 Å². The van der Waals surface area contributed by atoms with Crippen molar-refractivity contribution in [1.82, 2.24) is 25.2 Å².